The van der Waals surface area contributed by atoms with Crippen molar-refractivity contribution in [2.45, 2.75) is 45.6 Å². The van der Waals surface area contributed by atoms with Crippen LogP contribution in [0.1, 0.15) is 43.1 Å². The third-order valence-electron chi connectivity index (χ3n) is 2.88. The second-order valence-electron chi connectivity index (χ2n) is 3.97. The lowest BCUT2D eigenvalue weighted by Gasteiger charge is -2.11. The lowest BCUT2D eigenvalue weighted by Crippen LogP contribution is -2.15. The monoisotopic (exact) mass is 200 g/mol. The second-order valence-corrected chi connectivity index (χ2v) is 3.97. The molecule has 0 aromatic carbocycles. The molecule has 0 saturated carbocycles. The normalized spacial score (nSPS) is 23.9. The van der Waals surface area contributed by atoms with Gasteiger partial charge in [0.15, 0.2) is 0 Å². The summed E-state index contributed by atoms with van der Waals surface area (Å²) in [4.78, 5) is 0. The van der Waals surface area contributed by atoms with E-state index in [1.165, 1.54) is 4.68 Å². The minimum absolute atomic E-state index is 0.0684. The summed E-state index contributed by atoms with van der Waals surface area (Å²) in [6.45, 7) is 6.00. The molecule has 0 bridgehead atoms. The molecular formula is C10H14F2N2. The summed E-state index contributed by atoms with van der Waals surface area (Å²) < 4.78 is 28.6. The molecule has 1 aromatic heterocycles. The van der Waals surface area contributed by atoms with Gasteiger partial charge in [-0.3, -0.25) is 4.68 Å². The van der Waals surface area contributed by atoms with Gasteiger partial charge in [-0.1, -0.05) is 6.92 Å². The molecule has 4 heteroatoms. The molecule has 0 radical (unpaired) electrons. The van der Waals surface area contributed by atoms with Crippen LogP contribution in [0.5, 0.6) is 0 Å². The van der Waals surface area contributed by atoms with Crippen LogP contribution in [0.4, 0.5) is 8.78 Å². The van der Waals surface area contributed by atoms with E-state index in [2.05, 4.69) is 5.10 Å². The van der Waals surface area contributed by atoms with Crippen molar-refractivity contribution in [3.05, 3.63) is 17.0 Å². The van der Waals surface area contributed by atoms with Crippen molar-refractivity contribution < 1.29 is 8.78 Å². The Bertz CT molecular complexity index is 368. The van der Waals surface area contributed by atoms with E-state index in [1.54, 1.807) is 0 Å². The number of aromatic nitrogens is 2. The van der Waals surface area contributed by atoms with Gasteiger partial charge < -0.3 is 0 Å². The highest BCUT2D eigenvalue weighted by Gasteiger charge is 2.47. The highest BCUT2D eigenvalue weighted by molar-refractivity contribution is 5.37. The summed E-state index contributed by atoms with van der Waals surface area (Å²) in [7, 11) is 0. The lowest BCUT2D eigenvalue weighted by atomic mass is 10.1. The SMILES string of the molecule is CCn1nc(C)c2c1C(F)(F)C[C@@H]2C. The molecule has 0 amide bonds. The Morgan fingerprint density at radius 2 is 2.21 bits per heavy atom. The van der Waals surface area contributed by atoms with Gasteiger partial charge in [-0.15, -0.1) is 0 Å². The molecule has 1 heterocycles. The Kier molecular flexibility index (Phi) is 1.91. The van der Waals surface area contributed by atoms with Crippen molar-refractivity contribution in [1.29, 1.82) is 0 Å². The third-order valence-corrected chi connectivity index (χ3v) is 2.88. The van der Waals surface area contributed by atoms with Crippen molar-refractivity contribution >= 4 is 0 Å². The van der Waals surface area contributed by atoms with E-state index < -0.39 is 5.92 Å². The van der Waals surface area contributed by atoms with Crippen molar-refractivity contribution in [1.82, 2.24) is 9.78 Å². The zero-order chi connectivity index (χ0) is 10.5. The van der Waals surface area contributed by atoms with Crippen molar-refractivity contribution in [2.24, 2.45) is 0 Å². The van der Waals surface area contributed by atoms with Gasteiger partial charge in [0, 0.05) is 18.5 Å². The Labute approximate surface area is 81.9 Å². The molecule has 78 valence electrons. The minimum Gasteiger partial charge on any atom is -0.263 e. The first-order chi connectivity index (χ1) is 6.47. The van der Waals surface area contributed by atoms with Gasteiger partial charge >= 0.3 is 0 Å². The second kappa shape index (κ2) is 2.78. The Morgan fingerprint density at radius 3 is 2.79 bits per heavy atom. The fraction of sp³-hybridized carbons (Fsp3) is 0.700. The van der Waals surface area contributed by atoms with E-state index >= 15 is 0 Å². The molecule has 2 rings (SSSR count). The third kappa shape index (κ3) is 1.09. The first-order valence-electron chi connectivity index (χ1n) is 4.93. The average molecular weight is 200 g/mol. The van der Waals surface area contributed by atoms with Crippen LogP contribution in [0.3, 0.4) is 0 Å². The van der Waals surface area contributed by atoms with Gasteiger partial charge in [0.05, 0.1) is 5.69 Å². The van der Waals surface area contributed by atoms with Gasteiger partial charge in [-0.25, -0.2) is 0 Å². The number of hydrogen-bond acceptors (Lipinski definition) is 1. The van der Waals surface area contributed by atoms with Crippen LogP contribution in [-0.4, -0.2) is 9.78 Å². The number of fused-ring (bicyclic) bond motifs is 1. The Hall–Kier alpha value is -0.930. The first-order valence-corrected chi connectivity index (χ1v) is 4.93. The number of alkyl halides is 2. The fourth-order valence-electron chi connectivity index (χ4n) is 2.38. The Balaban J connectivity index is 2.64. The van der Waals surface area contributed by atoms with Gasteiger partial charge in [0.2, 0.25) is 0 Å². The van der Waals surface area contributed by atoms with Crippen LogP contribution in [-0.2, 0) is 12.5 Å². The van der Waals surface area contributed by atoms with Gasteiger partial charge in [0.25, 0.3) is 5.92 Å². The average Bonchev–Trinajstić information content (AvgIpc) is 2.51. The number of rotatable bonds is 1. The van der Waals surface area contributed by atoms with Crippen molar-refractivity contribution in [3.63, 3.8) is 0 Å². The van der Waals surface area contributed by atoms with Crippen LogP contribution in [0.2, 0.25) is 0 Å². The van der Waals surface area contributed by atoms with E-state index in [-0.39, 0.29) is 18.0 Å². The lowest BCUT2D eigenvalue weighted by molar-refractivity contribution is -0.0144. The number of halogens is 2. The molecule has 2 nitrogen and oxygen atoms in total. The summed E-state index contributed by atoms with van der Waals surface area (Å²) in [5.41, 5.74) is 1.66. The summed E-state index contributed by atoms with van der Waals surface area (Å²) in [6, 6.07) is 0. The molecule has 0 saturated heterocycles. The van der Waals surface area contributed by atoms with E-state index in [9.17, 15) is 8.78 Å². The maximum atomic E-state index is 13.6. The van der Waals surface area contributed by atoms with Crippen LogP contribution in [0.15, 0.2) is 0 Å². The highest BCUT2D eigenvalue weighted by atomic mass is 19.3. The van der Waals surface area contributed by atoms with E-state index in [0.717, 1.165) is 11.3 Å². The largest absolute Gasteiger partial charge is 0.290 e. The molecule has 1 aliphatic carbocycles. The molecule has 0 aliphatic heterocycles. The standard InChI is InChI=1S/C10H14F2N2/c1-4-14-9-8(7(3)13-14)6(2)5-10(9,11)12/h6H,4-5H2,1-3H3/t6-/m0/s1. The van der Waals surface area contributed by atoms with Crippen LogP contribution in [0, 0.1) is 6.92 Å². The Morgan fingerprint density at radius 1 is 1.57 bits per heavy atom. The number of aryl methyl sites for hydroxylation is 2. The van der Waals surface area contributed by atoms with Gasteiger partial charge in [0.1, 0.15) is 5.69 Å². The summed E-state index contributed by atoms with van der Waals surface area (Å²) >= 11 is 0. The number of nitrogens with zero attached hydrogens (tertiary/aromatic N) is 2. The molecule has 1 atom stereocenters. The number of hydrogen-bond donors (Lipinski definition) is 0. The predicted molar refractivity (Wildman–Crippen MR) is 49.6 cm³/mol. The quantitative estimate of drug-likeness (QED) is 0.681. The molecule has 0 spiro atoms. The first kappa shape index (κ1) is 9.62. The van der Waals surface area contributed by atoms with Crippen molar-refractivity contribution in [3.8, 4) is 0 Å². The van der Waals surface area contributed by atoms with Crippen LogP contribution < -0.4 is 0 Å². The minimum atomic E-state index is -2.69. The summed E-state index contributed by atoms with van der Waals surface area (Å²) in [5.74, 6) is -2.76. The molecular weight excluding hydrogens is 186 g/mol. The fourth-order valence-corrected chi connectivity index (χ4v) is 2.38. The maximum absolute atomic E-state index is 13.6. The van der Waals surface area contributed by atoms with E-state index in [1.807, 2.05) is 20.8 Å². The van der Waals surface area contributed by atoms with E-state index in [0.29, 0.717) is 6.54 Å². The molecule has 0 N–H and O–H groups in total. The zero-order valence-electron chi connectivity index (χ0n) is 8.64. The maximum Gasteiger partial charge on any atom is 0.290 e. The molecule has 0 fully saturated rings. The zero-order valence-corrected chi connectivity index (χ0v) is 8.64. The van der Waals surface area contributed by atoms with Crippen LogP contribution >= 0.6 is 0 Å². The molecule has 0 unspecified atom stereocenters. The molecule has 1 aliphatic rings. The molecule has 1 aromatic rings. The predicted octanol–water partition coefficient (Wildman–Crippen LogP) is 2.81. The van der Waals surface area contributed by atoms with Gasteiger partial charge in [-0.05, 0) is 19.8 Å². The smallest absolute Gasteiger partial charge is 0.263 e. The van der Waals surface area contributed by atoms with Gasteiger partial charge in [-0.2, -0.15) is 13.9 Å². The van der Waals surface area contributed by atoms with E-state index in [4.69, 9.17) is 0 Å². The summed E-state index contributed by atoms with van der Waals surface area (Å²) in [5, 5.41) is 4.13. The van der Waals surface area contributed by atoms with Crippen LogP contribution in [0.25, 0.3) is 0 Å². The van der Waals surface area contributed by atoms with Crippen molar-refractivity contribution in [2.75, 3.05) is 0 Å². The summed E-state index contributed by atoms with van der Waals surface area (Å²) in [6.07, 6.45) is -0.0684. The highest BCUT2D eigenvalue weighted by Crippen LogP contribution is 2.49. The molecule has 14 heavy (non-hydrogen) atoms. The topological polar surface area (TPSA) is 17.8 Å².